The van der Waals surface area contributed by atoms with Crippen LogP contribution in [0.25, 0.3) is 16.9 Å². The van der Waals surface area contributed by atoms with E-state index in [2.05, 4.69) is 34.5 Å². The van der Waals surface area contributed by atoms with Crippen molar-refractivity contribution in [2.75, 3.05) is 43.7 Å². The third-order valence-electron chi connectivity index (χ3n) is 5.69. The molecule has 0 bridgehead atoms. The molecule has 0 saturated carbocycles. The Labute approximate surface area is 198 Å². The average Bonchev–Trinajstić information content (AvgIpc) is 3.20. The number of methoxy groups -OCH3 is 1. The number of aryl methyl sites for hydroxylation is 2. The molecule has 0 amide bonds. The van der Waals surface area contributed by atoms with Crippen molar-refractivity contribution in [1.29, 1.82) is 0 Å². The van der Waals surface area contributed by atoms with Crippen LogP contribution in [-0.2, 0) is 4.74 Å². The summed E-state index contributed by atoms with van der Waals surface area (Å²) in [5.74, 6) is 2.73. The lowest BCUT2D eigenvalue weighted by molar-refractivity contribution is 0.122. The highest BCUT2D eigenvalue weighted by Gasteiger charge is 2.21. The zero-order valence-corrected chi connectivity index (χ0v) is 19.5. The standard InChI is InChI=1S/C25H27N7O2/c1-17-6-4-7-19(14-17)16-26-30-23-22-24(29-25(28-23)31-10-12-34-13-11-31)32(18(2)27-22)20-8-5-9-21(15-20)33-3/h4-9,14-16H,10-13H2,1-3H3,(H,28,29,30)/b26-16+. The molecule has 1 aliphatic rings. The van der Waals surface area contributed by atoms with Crippen LogP contribution in [0.15, 0.2) is 53.6 Å². The molecule has 3 heterocycles. The summed E-state index contributed by atoms with van der Waals surface area (Å²) in [7, 11) is 1.66. The maximum atomic E-state index is 5.52. The van der Waals surface area contributed by atoms with Gasteiger partial charge in [-0.3, -0.25) is 9.99 Å². The third-order valence-corrected chi connectivity index (χ3v) is 5.69. The Hall–Kier alpha value is -3.98. The zero-order chi connectivity index (χ0) is 23.5. The first-order valence-corrected chi connectivity index (χ1v) is 11.2. The first-order valence-electron chi connectivity index (χ1n) is 11.2. The number of benzene rings is 2. The smallest absolute Gasteiger partial charge is 0.229 e. The molecule has 9 nitrogen and oxygen atoms in total. The molecular weight excluding hydrogens is 430 g/mol. The summed E-state index contributed by atoms with van der Waals surface area (Å²) in [6.45, 7) is 6.75. The second kappa shape index (κ2) is 9.48. The first-order chi connectivity index (χ1) is 16.6. The molecule has 1 aliphatic heterocycles. The Balaban J connectivity index is 1.60. The molecule has 0 unspecified atom stereocenters. The largest absolute Gasteiger partial charge is 0.497 e. The van der Waals surface area contributed by atoms with Crippen molar-refractivity contribution in [3.63, 3.8) is 0 Å². The van der Waals surface area contributed by atoms with Gasteiger partial charge in [0.25, 0.3) is 0 Å². The van der Waals surface area contributed by atoms with Gasteiger partial charge in [0.05, 0.1) is 32.2 Å². The molecule has 0 aliphatic carbocycles. The van der Waals surface area contributed by atoms with E-state index in [1.807, 2.05) is 47.9 Å². The SMILES string of the molecule is COc1cccc(-n2c(C)nc3c(N/N=C/c4cccc(C)c4)nc(N4CCOCC4)nc32)c1. The molecule has 2 aromatic heterocycles. The van der Waals surface area contributed by atoms with Crippen molar-refractivity contribution >= 4 is 29.1 Å². The molecule has 1 saturated heterocycles. The van der Waals surface area contributed by atoms with Gasteiger partial charge in [0.15, 0.2) is 17.0 Å². The van der Waals surface area contributed by atoms with Gasteiger partial charge in [-0.25, -0.2) is 4.98 Å². The third kappa shape index (κ3) is 4.42. The number of hydrogen-bond donors (Lipinski definition) is 1. The maximum Gasteiger partial charge on any atom is 0.229 e. The minimum atomic E-state index is 0.556. The summed E-state index contributed by atoms with van der Waals surface area (Å²) in [5.41, 5.74) is 7.56. The predicted molar refractivity (Wildman–Crippen MR) is 133 cm³/mol. The minimum Gasteiger partial charge on any atom is -0.497 e. The van der Waals surface area contributed by atoms with E-state index in [0.717, 1.165) is 35.9 Å². The summed E-state index contributed by atoms with van der Waals surface area (Å²) in [5, 5.41) is 4.45. The van der Waals surface area contributed by atoms with Crippen molar-refractivity contribution in [3.05, 3.63) is 65.5 Å². The van der Waals surface area contributed by atoms with Gasteiger partial charge in [-0.2, -0.15) is 15.1 Å². The number of hydrogen-bond acceptors (Lipinski definition) is 8. The molecule has 9 heteroatoms. The van der Waals surface area contributed by atoms with Crippen LogP contribution >= 0.6 is 0 Å². The Morgan fingerprint density at radius 3 is 2.65 bits per heavy atom. The highest BCUT2D eigenvalue weighted by molar-refractivity contribution is 5.87. The van der Waals surface area contributed by atoms with Gasteiger partial charge in [-0.15, -0.1) is 0 Å². The molecule has 174 valence electrons. The van der Waals surface area contributed by atoms with Gasteiger partial charge in [0.2, 0.25) is 5.95 Å². The molecule has 0 atom stereocenters. The van der Waals surface area contributed by atoms with E-state index in [-0.39, 0.29) is 0 Å². The van der Waals surface area contributed by atoms with Crippen LogP contribution < -0.4 is 15.1 Å². The summed E-state index contributed by atoms with van der Waals surface area (Å²) >= 11 is 0. The van der Waals surface area contributed by atoms with Crippen molar-refractivity contribution in [2.45, 2.75) is 13.8 Å². The number of imidazole rings is 1. The molecule has 4 aromatic rings. The second-order valence-corrected chi connectivity index (χ2v) is 8.12. The second-order valence-electron chi connectivity index (χ2n) is 8.12. The highest BCUT2D eigenvalue weighted by Crippen LogP contribution is 2.28. The van der Waals surface area contributed by atoms with Gasteiger partial charge in [-0.1, -0.05) is 35.9 Å². The van der Waals surface area contributed by atoms with Crippen molar-refractivity contribution in [3.8, 4) is 11.4 Å². The number of aromatic nitrogens is 4. The number of nitrogens with one attached hydrogen (secondary N) is 1. The van der Waals surface area contributed by atoms with E-state index in [0.29, 0.717) is 36.1 Å². The Morgan fingerprint density at radius 1 is 1.03 bits per heavy atom. The molecular formula is C25H27N7O2. The predicted octanol–water partition coefficient (Wildman–Crippen LogP) is 3.72. The first kappa shape index (κ1) is 21.8. The quantitative estimate of drug-likeness (QED) is 0.349. The number of rotatable bonds is 6. The highest BCUT2D eigenvalue weighted by atomic mass is 16.5. The van der Waals surface area contributed by atoms with Gasteiger partial charge < -0.3 is 14.4 Å². The van der Waals surface area contributed by atoms with Crippen LogP contribution in [0.4, 0.5) is 11.8 Å². The molecule has 1 N–H and O–H groups in total. The summed E-state index contributed by atoms with van der Waals surface area (Å²) in [6, 6.07) is 16.0. The number of anilines is 2. The molecule has 2 aromatic carbocycles. The van der Waals surface area contributed by atoms with Crippen LogP contribution in [0.3, 0.4) is 0 Å². The number of morpholine rings is 1. The number of nitrogens with zero attached hydrogens (tertiary/aromatic N) is 6. The maximum absolute atomic E-state index is 5.52. The fraction of sp³-hybridized carbons (Fsp3) is 0.280. The lowest BCUT2D eigenvalue weighted by atomic mass is 10.2. The minimum absolute atomic E-state index is 0.556. The number of hydrazone groups is 1. The van der Waals surface area contributed by atoms with Gasteiger partial charge in [0.1, 0.15) is 11.6 Å². The summed E-state index contributed by atoms with van der Waals surface area (Å²) < 4.78 is 13.0. The van der Waals surface area contributed by atoms with E-state index < -0.39 is 0 Å². The summed E-state index contributed by atoms with van der Waals surface area (Å²) in [4.78, 5) is 16.6. The zero-order valence-electron chi connectivity index (χ0n) is 19.5. The van der Waals surface area contributed by atoms with Gasteiger partial charge in [-0.05, 0) is 31.5 Å². The van der Waals surface area contributed by atoms with Gasteiger partial charge >= 0.3 is 0 Å². The van der Waals surface area contributed by atoms with Crippen molar-refractivity contribution in [2.24, 2.45) is 5.10 Å². The molecule has 1 fully saturated rings. The van der Waals surface area contributed by atoms with Gasteiger partial charge in [0, 0.05) is 19.2 Å². The van der Waals surface area contributed by atoms with Crippen molar-refractivity contribution in [1.82, 2.24) is 19.5 Å². The normalized spacial score (nSPS) is 14.1. The molecule has 0 spiro atoms. The number of ether oxygens (including phenoxy) is 2. The van der Waals surface area contributed by atoms with Crippen LogP contribution in [0.5, 0.6) is 5.75 Å². The van der Waals surface area contributed by atoms with Crippen molar-refractivity contribution < 1.29 is 9.47 Å². The Bertz CT molecular complexity index is 1340. The Kier molecular flexibility index (Phi) is 6.09. The topological polar surface area (TPSA) is 89.7 Å². The molecule has 0 radical (unpaired) electrons. The molecule has 5 rings (SSSR count). The van der Waals surface area contributed by atoms with E-state index in [1.54, 1.807) is 13.3 Å². The lowest BCUT2D eigenvalue weighted by Crippen LogP contribution is -2.37. The fourth-order valence-corrected chi connectivity index (χ4v) is 4.02. The van der Waals surface area contributed by atoms with E-state index >= 15 is 0 Å². The van der Waals surface area contributed by atoms with Crippen LogP contribution in [0.1, 0.15) is 17.0 Å². The van der Waals surface area contributed by atoms with Crippen LogP contribution in [0.2, 0.25) is 0 Å². The van der Waals surface area contributed by atoms with E-state index in [1.165, 1.54) is 5.56 Å². The lowest BCUT2D eigenvalue weighted by Gasteiger charge is -2.27. The fourth-order valence-electron chi connectivity index (χ4n) is 4.02. The van der Waals surface area contributed by atoms with Crippen LogP contribution in [-0.4, -0.2) is 59.1 Å². The number of fused-ring (bicyclic) bond motifs is 1. The summed E-state index contributed by atoms with van der Waals surface area (Å²) in [6.07, 6.45) is 1.78. The molecule has 34 heavy (non-hydrogen) atoms. The monoisotopic (exact) mass is 457 g/mol. The average molecular weight is 458 g/mol. The van der Waals surface area contributed by atoms with E-state index in [9.17, 15) is 0 Å². The van der Waals surface area contributed by atoms with Crippen LogP contribution in [0, 0.1) is 13.8 Å². The van der Waals surface area contributed by atoms with E-state index in [4.69, 9.17) is 24.4 Å². The Morgan fingerprint density at radius 2 is 1.85 bits per heavy atom.